The smallest absolute Gasteiger partial charge is 0.120 e. The van der Waals surface area contributed by atoms with Crippen LogP contribution in [0.15, 0.2) is 0 Å². The molecular formula is C6H13NO2. The Morgan fingerprint density at radius 2 is 2.00 bits per heavy atom. The molecular weight excluding hydrogens is 118 g/mol. The molecule has 9 heavy (non-hydrogen) atoms. The lowest BCUT2D eigenvalue weighted by molar-refractivity contribution is -0.0854. The summed E-state index contributed by atoms with van der Waals surface area (Å²) in [6, 6.07) is 0. The lowest BCUT2D eigenvalue weighted by atomic mass is 10.1. The molecule has 0 saturated carbocycles. The Morgan fingerprint density at radius 3 is 2.33 bits per heavy atom. The first-order valence-corrected chi connectivity index (χ1v) is 3.19. The van der Waals surface area contributed by atoms with Crippen LogP contribution in [0.5, 0.6) is 0 Å². The highest BCUT2D eigenvalue weighted by atomic mass is 16.5. The average molecular weight is 131 g/mol. The molecule has 1 aliphatic rings. The Labute approximate surface area is 55.1 Å². The van der Waals surface area contributed by atoms with Crippen LogP contribution in [-0.2, 0) is 9.47 Å². The van der Waals surface area contributed by atoms with Crippen molar-refractivity contribution in [2.24, 2.45) is 5.73 Å². The second-order valence-corrected chi connectivity index (χ2v) is 2.38. The Hall–Kier alpha value is -0.120. The van der Waals surface area contributed by atoms with Gasteiger partial charge in [0, 0.05) is 20.0 Å². The summed E-state index contributed by atoms with van der Waals surface area (Å²) in [5, 5.41) is 0. The minimum Gasteiger partial charge on any atom is -0.381 e. The van der Waals surface area contributed by atoms with Crippen molar-refractivity contribution in [1.29, 1.82) is 0 Å². The first kappa shape index (κ1) is 6.99. The number of hydrogen-bond donors (Lipinski definition) is 1. The van der Waals surface area contributed by atoms with Gasteiger partial charge >= 0.3 is 0 Å². The van der Waals surface area contributed by atoms with E-state index in [1.165, 1.54) is 0 Å². The van der Waals surface area contributed by atoms with E-state index < -0.39 is 5.72 Å². The fraction of sp³-hybridized carbons (Fsp3) is 1.00. The van der Waals surface area contributed by atoms with Crippen molar-refractivity contribution in [2.45, 2.75) is 18.6 Å². The zero-order valence-corrected chi connectivity index (χ0v) is 5.72. The van der Waals surface area contributed by atoms with Crippen LogP contribution in [0.4, 0.5) is 0 Å². The molecule has 0 aromatic rings. The number of hydrogen-bond acceptors (Lipinski definition) is 3. The quantitative estimate of drug-likeness (QED) is 0.513. The normalized spacial score (nSPS) is 26.0. The van der Waals surface area contributed by atoms with Gasteiger partial charge in [-0.2, -0.15) is 0 Å². The van der Waals surface area contributed by atoms with E-state index in [2.05, 4.69) is 0 Å². The molecule has 0 aliphatic carbocycles. The van der Waals surface area contributed by atoms with E-state index in [1.807, 2.05) is 0 Å². The van der Waals surface area contributed by atoms with Gasteiger partial charge in [0.1, 0.15) is 5.72 Å². The van der Waals surface area contributed by atoms with E-state index in [0.717, 1.165) is 26.1 Å². The van der Waals surface area contributed by atoms with E-state index >= 15 is 0 Å². The predicted molar refractivity (Wildman–Crippen MR) is 34.0 cm³/mol. The molecule has 1 fully saturated rings. The highest BCUT2D eigenvalue weighted by molar-refractivity contribution is 4.75. The van der Waals surface area contributed by atoms with Crippen molar-refractivity contribution in [3.8, 4) is 0 Å². The van der Waals surface area contributed by atoms with E-state index in [9.17, 15) is 0 Å². The van der Waals surface area contributed by atoms with Gasteiger partial charge in [-0.3, -0.25) is 0 Å². The molecule has 1 saturated heterocycles. The Balaban J connectivity index is 2.37. The van der Waals surface area contributed by atoms with Crippen LogP contribution in [0.1, 0.15) is 12.8 Å². The van der Waals surface area contributed by atoms with Gasteiger partial charge in [0.25, 0.3) is 0 Å². The molecule has 0 radical (unpaired) electrons. The van der Waals surface area contributed by atoms with Crippen LogP contribution in [-0.4, -0.2) is 26.0 Å². The Morgan fingerprint density at radius 1 is 1.44 bits per heavy atom. The number of methoxy groups -OCH3 is 1. The third-order valence-corrected chi connectivity index (χ3v) is 1.75. The van der Waals surface area contributed by atoms with Crippen molar-refractivity contribution in [2.75, 3.05) is 20.3 Å². The second-order valence-electron chi connectivity index (χ2n) is 2.38. The molecule has 0 aromatic carbocycles. The first-order valence-electron chi connectivity index (χ1n) is 3.19. The van der Waals surface area contributed by atoms with Gasteiger partial charge in [0.05, 0.1) is 13.2 Å². The molecule has 0 unspecified atom stereocenters. The van der Waals surface area contributed by atoms with E-state index in [1.54, 1.807) is 7.11 Å². The summed E-state index contributed by atoms with van der Waals surface area (Å²) in [6.45, 7) is 1.45. The van der Waals surface area contributed by atoms with Crippen LogP contribution in [0, 0.1) is 0 Å². The van der Waals surface area contributed by atoms with Gasteiger partial charge in [0.2, 0.25) is 0 Å². The highest BCUT2D eigenvalue weighted by Gasteiger charge is 2.26. The summed E-state index contributed by atoms with van der Waals surface area (Å²) in [6.07, 6.45) is 1.62. The van der Waals surface area contributed by atoms with Gasteiger partial charge < -0.3 is 15.2 Å². The SMILES string of the molecule is COC1(N)CCOCC1. The highest BCUT2D eigenvalue weighted by Crippen LogP contribution is 2.17. The van der Waals surface area contributed by atoms with Crippen molar-refractivity contribution < 1.29 is 9.47 Å². The zero-order valence-electron chi connectivity index (χ0n) is 5.72. The van der Waals surface area contributed by atoms with Crippen molar-refractivity contribution in [3.63, 3.8) is 0 Å². The molecule has 0 amide bonds. The maximum absolute atomic E-state index is 5.76. The maximum Gasteiger partial charge on any atom is 0.120 e. The maximum atomic E-state index is 5.76. The van der Waals surface area contributed by atoms with Crippen LogP contribution in [0.2, 0.25) is 0 Å². The number of rotatable bonds is 1. The van der Waals surface area contributed by atoms with E-state index in [4.69, 9.17) is 15.2 Å². The van der Waals surface area contributed by atoms with Crippen LogP contribution in [0.3, 0.4) is 0 Å². The third-order valence-electron chi connectivity index (χ3n) is 1.75. The Bertz CT molecular complexity index is 89.1. The summed E-state index contributed by atoms with van der Waals surface area (Å²) in [5.41, 5.74) is 5.35. The summed E-state index contributed by atoms with van der Waals surface area (Å²) >= 11 is 0. The molecule has 2 N–H and O–H groups in total. The Kier molecular flexibility index (Phi) is 2.05. The molecule has 54 valence electrons. The molecule has 1 heterocycles. The largest absolute Gasteiger partial charge is 0.381 e. The van der Waals surface area contributed by atoms with Gasteiger partial charge in [0.15, 0.2) is 0 Å². The molecule has 3 nitrogen and oxygen atoms in total. The second kappa shape index (κ2) is 2.64. The summed E-state index contributed by atoms with van der Waals surface area (Å²) in [7, 11) is 1.64. The standard InChI is InChI=1S/C6H13NO2/c1-8-6(7)2-4-9-5-3-6/h2-5,7H2,1H3. The van der Waals surface area contributed by atoms with E-state index in [0.29, 0.717) is 0 Å². The average Bonchev–Trinajstić information content (AvgIpc) is 1.90. The number of nitrogens with two attached hydrogens (primary N) is 1. The fourth-order valence-corrected chi connectivity index (χ4v) is 0.921. The minimum absolute atomic E-state index is 0.405. The summed E-state index contributed by atoms with van der Waals surface area (Å²) < 4.78 is 10.2. The minimum atomic E-state index is -0.405. The number of ether oxygens (including phenoxy) is 2. The fourth-order valence-electron chi connectivity index (χ4n) is 0.921. The van der Waals surface area contributed by atoms with Crippen LogP contribution < -0.4 is 5.73 Å². The topological polar surface area (TPSA) is 44.5 Å². The molecule has 1 aliphatic heterocycles. The summed E-state index contributed by atoms with van der Waals surface area (Å²) in [4.78, 5) is 0. The van der Waals surface area contributed by atoms with E-state index in [-0.39, 0.29) is 0 Å². The molecule has 0 atom stereocenters. The van der Waals surface area contributed by atoms with Gasteiger partial charge in [-0.1, -0.05) is 0 Å². The van der Waals surface area contributed by atoms with Gasteiger partial charge in [-0.05, 0) is 0 Å². The molecule has 1 rings (SSSR count). The van der Waals surface area contributed by atoms with Gasteiger partial charge in [-0.25, -0.2) is 0 Å². The predicted octanol–water partition coefficient (Wildman–Crippen LogP) is 0.0982. The third kappa shape index (κ3) is 1.64. The molecule has 0 bridgehead atoms. The lowest BCUT2D eigenvalue weighted by Crippen LogP contribution is -2.46. The lowest BCUT2D eigenvalue weighted by Gasteiger charge is -2.31. The summed E-state index contributed by atoms with van der Waals surface area (Å²) in [5.74, 6) is 0. The molecule has 3 heteroatoms. The monoisotopic (exact) mass is 131 g/mol. The van der Waals surface area contributed by atoms with Crippen molar-refractivity contribution in [3.05, 3.63) is 0 Å². The first-order chi connectivity index (χ1) is 4.27. The van der Waals surface area contributed by atoms with Crippen molar-refractivity contribution in [1.82, 2.24) is 0 Å². The van der Waals surface area contributed by atoms with Crippen molar-refractivity contribution >= 4 is 0 Å². The molecule has 0 aromatic heterocycles. The van der Waals surface area contributed by atoms with Crippen LogP contribution in [0.25, 0.3) is 0 Å². The van der Waals surface area contributed by atoms with Gasteiger partial charge in [-0.15, -0.1) is 0 Å². The van der Waals surface area contributed by atoms with Crippen LogP contribution >= 0.6 is 0 Å². The zero-order chi connectivity index (χ0) is 6.74. The molecule has 0 spiro atoms.